The van der Waals surface area contributed by atoms with E-state index in [2.05, 4.69) is 47.4 Å². The minimum absolute atomic E-state index is 0.142. The van der Waals surface area contributed by atoms with Crippen LogP contribution in [0.1, 0.15) is 0 Å². The van der Waals surface area contributed by atoms with Gasteiger partial charge in [-0.2, -0.15) is 0 Å². The molecule has 2 aromatic carbocycles. The second-order valence-corrected chi connectivity index (χ2v) is 9.27. The Morgan fingerprint density at radius 1 is 1.21 bits per heavy atom. The number of benzene rings is 2. The highest BCUT2D eigenvalue weighted by atomic mass is 79.9. The highest BCUT2D eigenvalue weighted by Gasteiger charge is 2.17. The average molecular weight is 557 g/mol. The molecule has 0 unspecified atom stereocenters. The molecule has 6 nitrogen and oxygen atoms in total. The number of nitrogens with one attached hydrogen (secondary N) is 1. The van der Waals surface area contributed by atoms with Crippen molar-refractivity contribution in [1.29, 1.82) is 0 Å². The SMILES string of the molecule is Cn1c(SCC(=O)Nc2cc(Br)ccc2Br)nnc1-c1cc2cc(Cl)ccc2o1. The van der Waals surface area contributed by atoms with Crippen molar-refractivity contribution in [3.05, 3.63) is 56.4 Å². The van der Waals surface area contributed by atoms with Crippen molar-refractivity contribution in [2.24, 2.45) is 7.05 Å². The van der Waals surface area contributed by atoms with Crippen molar-refractivity contribution in [3.8, 4) is 11.6 Å². The smallest absolute Gasteiger partial charge is 0.234 e. The summed E-state index contributed by atoms with van der Waals surface area (Å²) in [6, 6.07) is 12.9. The van der Waals surface area contributed by atoms with Crippen molar-refractivity contribution in [1.82, 2.24) is 14.8 Å². The van der Waals surface area contributed by atoms with Crippen molar-refractivity contribution in [2.75, 3.05) is 11.1 Å². The molecule has 1 N–H and O–H groups in total. The van der Waals surface area contributed by atoms with Crippen molar-refractivity contribution < 1.29 is 9.21 Å². The fourth-order valence-corrected chi connectivity index (χ4v) is 4.29. The summed E-state index contributed by atoms with van der Waals surface area (Å²) in [4.78, 5) is 12.3. The Hall–Kier alpha value is -1.81. The van der Waals surface area contributed by atoms with Crippen LogP contribution in [0.25, 0.3) is 22.6 Å². The van der Waals surface area contributed by atoms with Gasteiger partial charge in [0, 0.05) is 26.4 Å². The van der Waals surface area contributed by atoms with E-state index in [4.69, 9.17) is 16.0 Å². The summed E-state index contributed by atoms with van der Waals surface area (Å²) < 4.78 is 9.34. The fourth-order valence-electron chi connectivity index (χ4n) is 2.69. The number of fused-ring (bicyclic) bond motifs is 1. The van der Waals surface area contributed by atoms with Crippen LogP contribution in [0.2, 0.25) is 5.02 Å². The molecule has 0 aliphatic heterocycles. The summed E-state index contributed by atoms with van der Waals surface area (Å²) in [6.07, 6.45) is 0. The highest BCUT2D eigenvalue weighted by Crippen LogP contribution is 2.30. The van der Waals surface area contributed by atoms with E-state index in [9.17, 15) is 4.79 Å². The first-order chi connectivity index (χ1) is 13.9. The molecule has 4 aromatic rings. The molecule has 0 spiro atoms. The van der Waals surface area contributed by atoms with Crippen LogP contribution >= 0.6 is 55.2 Å². The number of carbonyl (C=O) groups is 1. The minimum Gasteiger partial charge on any atom is -0.453 e. The van der Waals surface area contributed by atoms with Gasteiger partial charge in [0.2, 0.25) is 5.91 Å². The third-order valence-electron chi connectivity index (χ3n) is 4.07. The Bertz CT molecular complexity index is 1220. The van der Waals surface area contributed by atoms with E-state index >= 15 is 0 Å². The van der Waals surface area contributed by atoms with Gasteiger partial charge in [-0.1, -0.05) is 39.3 Å². The third-order valence-corrected chi connectivity index (χ3v) is 6.51. The summed E-state index contributed by atoms with van der Waals surface area (Å²) in [7, 11) is 1.83. The zero-order valence-electron chi connectivity index (χ0n) is 14.9. The predicted molar refractivity (Wildman–Crippen MR) is 122 cm³/mol. The largest absolute Gasteiger partial charge is 0.453 e. The van der Waals surface area contributed by atoms with E-state index in [1.807, 2.05) is 43.4 Å². The molecular formula is C19H13Br2ClN4O2S. The lowest BCUT2D eigenvalue weighted by molar-refractivity contribution is -0.113. The standard InChI is InChI=1S/C19H13Br2ClN4O2S/c1-26-18(16-7-10-6-12(22)3-5-15(10)28-16)24-25-19(26)29-9-17(27)23-14-8-11(20)2-4-13(14)21/h2-8H,9H2,1H3,(H,23,27). The Labute approximate surface area is 192 Å². The molecule has 0 atom stereocenters. The van der Waals surface area contributed by atoms with Gasteiger partial charge in [0.05, 0.1) is 11.4 Å². The molecule has 1 amide bonds. The van der Waals surface area contributed by atoms with Gasteiger partial charge in [0.1, 0.15) is 5.58 Å². The van der Waals surface area contributed by atoms with E-state index in [0.29, 0.717) is 27.5 Å². The van der Waals surface area contributed by atoms with Crippen LogP contribution in [0.5, 0.6) is 0 Å². The number of furan rings is 1. The van der Waals surface area contributed by atoms with E-state index < -0.39 is 0 Å². The zero-order chi connectivity index (χ0) is 20.5. The molecule has 0 saturated heterocycles. The van der Waals surface area contributed by atoms with Gasteiger partial charge in [0.25, 0.3) is 0 Å². The first kappa shape index (κ1) is 20.5. The molecule has 10 heteroatoms. The Morgan fingerprint density at radius 2 is 2.03 bits per heavy atom. The van der Waals surface area contributed by atoms with Crippen LogP contribution < -0.4 is 5.32 Å². The number of amides is 1. The lowest BCUT2D eigenvalue weighted by Crippen LogP contribution is -2.14. The van der Waals surface area contributed by atoms with Crippen LogP contribution in [0.4, 0.5) is 5.69 Å². The summed E-state index contributed by atoms with van der Waals surface area (Å²) in [6.45, 7) is 0. The molecule has 2 heterocycles. The average Bonchev–Trinajstić information content (AvgIpc) is 3.25. The third kappa shape index (κ3) is 4.53. The first-order valence-electron chi connectivity index (χ1n) is 8.37. The monoisotopic (exact) mass is 554 g/mol. The summed E-state index contributed by atoms with van der Waals surface area (Å²) in [5.41, 5.74) is 1.42. The zero-order valence-corrected chi connectivity index (χ0v) is 19.7. The quantitative estimate of drug-likeness (QED) is 0.299. The normalized spacial score (nSPS) is 11.2. The molecule has 0 saturated carbocycles. The maximum Gasteiger partial charge on any atom is 0.234 e. The second-order valence-electron chi connectivity index (χ2n) is 6.12. The van der Waals surface area contributed by atoms with Crippen LogP contribution in [-0.2, 0) is 11.8 Å². The molecule has 2 aromatic heterocycles. The minimum atomic E-state index is -0.142. The number of anilines is 1. The predicted octanol–water partition coefficient (Wildman–Crippen LogP) is 6.14. The van der Waals surface area contributed by atoms with Crippen molar-refractivity contribution in [2.45, 2.75) is 5.16 Å². The van der Waals surface area contributed by atoms with E-state index in [1.165, 1.54) is 11.8 Å². The lowest BCUT2D eigenvalue weighted by Gasteiger charge is -2.07. The number of thioether (sulfide) groups is 1. The van der Waals surface area contributed by atoms with Gasteiger partial charge in [0.15, 0.2) is 16.7 Å². The lowest BCUT2D eigenvalue weighted by atomic mass is 10.2. The summed E-state index contributed by atoms with van der Waals surface area (Å²) >= 11 is 14.2. The number of hydrogen-bond donors (Lipinski definition) is 1. The molecule has 0 bridgehead atoms. The number of nitrogens with zero attached hydrogens (tertiary/aromatic N) is 3. The Morgan fingerprint density at radius 3 is 2.86 bits per heavy atom. The number of aromatic nitrogens is 3. The Kier molecular flexibility index (Phi) is 6.00. The van der Waals surface area contributed by atoms with Gasteiger partial charge >= 0.3 is 0 Å². The van der Waals surface area contributed by atoms with Crippen molar-refractivity contribution in [3.63, 3.8) is 0 Å². The van der Waals surface area contributed by atoms with Gasteiger partial charge in [-0.05, 0) is 58.4 Å². The second kappa shape index (κ2) is 8.51. The molecular weight excluding hydrogens is 544 g/mol. The first-order valence-corrected chi connectivity index (χ1v) is 11.3. The van der Waals surface area contributed by atoms with Gasteiger partial charge in [-0.3, -0.25) is 4.79 Å². The maximum absolute atomic E-state index is 12.3. The molecule has 4 rings (SSSR count). The molecule has 0 radical (unpaired) electrons. The Balaban J connectivity index is 1.47. The number of halogens is 3. The number of carbonyl (C=O) groups excluding carboxylic acids is 1. The molecule has 29 heavy (non-hydrogen) atoms. The van der Waals surface area contributed by atoms with Gasteiger partial charge in [-0.25, -0.2) is 0 Å². The van der Waals surface area contributed by atoms with Gasteiger partial charge in [-0.15, -0.1) is 10.2 Å². The maximum atomic E-state index is 12.3. The highest BCUT2D eigenvalue weighted by molar-refractivity contribution is 9.11. The van der Waals surface area contributed by atoms with E-state index in [0.717, 1.165) is 19.9 Å². The number of hydrogen-bond acceptors (Lipinski definition) is 5. The number of rotatable bonds is 5. The molecule has 0 aliphatic carbocycles. The van der Waals surface area contributed by atoms with E-state index in [-0.39, 0.29) is 11.7 Å². The molecule has 0 fully saturated rings. The summed E-state index contributed by atoms with van der Waals surface area (Å²) in [5.74, 6) is 1.22. The van der Waals surface area contributed by atoms with Crippen molar-refractivity contribution >= 4 is 77.8 Å². The van der Waals surface area contributed by atoms with Crippen LogP contribution in [0, 0.1) is 0 Å². The van der Waals surface area contributed by atoms with Gasteiger partial charge < -0.3 is 14.3 Å². The molecule has 148 valence electrons. The van der Waals surface area contributed by atoms with Crippen LogP contribution in [0.3, 0.4) is 0 Å². The van der Waals surface area contributed by atoms with Crippen LogP contribution in [-0.4, -0.2) is 26.4 Å². The fraction of sp³-hybridized carbons (Fsp3) is 0.105. The van der Waals surface area contributed by atoms with Crippen LogP contribution in [0.15, 0.2) is 61.0 Å². The topological polar surface area (TPSA) is 73.0 Å². The van der Waals surface area contributed by atoms with E-state index in [1.54, 1.807) is 10.6 Å². The molecule has 0 aliphatic rings. The summed E-state index contributed by atoms with van der Waals surface area (Å²) in [5, 5.41) is 13.4.